The Hall–Kier alpha value is -3.20. The van der Waals surface area contributed by atoms with Crippen molar-refractivity contribution >= 4 is 17.5 Å². The summed E-state index contributed by atoms with van der Waals surface area (Å²) in [6.45, 7) is 2.03. The second kappa shape index (κ2) is 7.00. The van der Waals surface area contributed by atoms with Crippen molar-refractivity contribution in [2.24, 2.45) is 11.7 Å². The van der Waals surface area contributed by atoms with E-state index in [-0.39, 0.29) is 29.0 Å². The van der Waals surface area contributed by atoms with E-state index in [2.05, 4.69) is 9.97 Å². The van der Waals surface area contributed by atoms with Crippen LogP contribution in [0.2, 0.25) is 0 Å². The molecule has 2 unspecified atom stereocenters. The minimum atomic E-state index is -0.697. The summed E-state index contributed by atoms with van der Waals surface area (Å²) in [5.41, 5.74) is 6.57. The highest BCUT2D eigenvalue weighted by atomic mass is 16.5. The second-order valence-corrected chi connectivity index (χ2v) is 7.49. The number of hydrogen-bond acceptors (Lipinski definition) is 6. The Morgan fingerprint density at radius 3 is 2.97 bits per heavy atom. The van der Waals surface area contributed by atoms with E-state index in [4.69, 9.17) is 14.9 Å². The summed E-state index contributed by atoms with van der Waals surface area (Å²) in [7, 11) is 0. The number of nitrogens with two attached hydrogens (primary N) is 1. The number of furan rings is 1. The lowest BCUT2D eigenvalue weighted by molar-refractivity contribution is -0.0273. The highest BCUT2D eigenvalue weighted by Gasteiger charge is 2.37. The van der Waals surface area contributed by atoms with Gasteiger partial charge in [-0.15, -0.1) is 0 Å². The van der Waals surface area contributed by atoms with Gasteiger partial charge in [0.25, 0.3) is 11.8 Å². The van der Waals surface area contributed by atoms with Crippen molar-refractivity contribution in [3.8, 4) is 11.5 Å². The van der Waals surface area contributed by atoms with Crippen molar-refractivity contribution in [2.45, 2.75) is 25.3 Å². The first-order chi connectivity index (χ1) is 14.1. The lowest BCUT2D eigenvalue weighted by Gasteiger charge is -2.43. The zero-order chi connectivity index (χ0) is 20.0. The summed E-state index contributed by atoms with van der Waals surface area (Å²) in [5.74, 6) is 0.0410. The zero-order valence-electron chi connectivity index (χ0n) is 15.8. The van der Waals surface area contributed by atoms with Gasteiger partial charge in [-0.25, -0.2) is 9.97 Å². The Morgan fingerprint density at radius 2 is 2.17 bits per heavy atom. The molecule has 3 aromatic heterocycles. The number of fused-ring (bicyclic) bond motifs is 2. The molecule has 2 amide bonds. The second-order valence-electron chi connectivity index (χ2n) is 7.49. The molecule has 0 radical (unpaired) electrons. The van der Waals surface area contributed by atoms with E-state index >= 15 is 0 Å². The lowest BCUT2D eigenvalue weighted by Crippen LogP contribution is -2.52. The molecule has 0 bridgehead atoms. The third-order valence-corrected chi connectivity index (χ3v) is 5.80. The molecule has 2 fully saturated rings. The number of ether oxygens (including phenoxy) is 1. The number of hydrogen-bond donors (Lipinski definition) is 1. The van der Waals surface area contributed by atoms with E-state index in [1.54, 1.807) is 28.9 Å². The fourth-order valence-corrected chi connectivity index (χ4v) is 4.43. The van der Waals surface area contributed by atoms with Crippen LogP contribution in [-0.4, -0.2) is 56.9 Å². The maximum atomic E-state index is 13.5. The van der Waals surface area contributed by atoms with E-state index < -0.39 is 5.91 Å². The number of primary amides is 1. The quantitative estimate of drug-likeness (QED) is 0.722. The first kappa shape index (κ1) is 17.9. The van der Waals surface area contributed by atoms with Gasteiger partial charge in [-0.1, -0.05) is 0 Å². The number of imidazole rings is 1. The Morgan fingerprint density at radius 1 is 1.28 bits per heavy atom. The molecule has 2 aliphatic rings. The van der Waals surface area contributed by atoms with E-state index in [1.165, 1.54) is 6.33 Å². The number of amides is 2. The summed E-state index contributed by atoms with van der Waals surface area (Å²) >= 11 is 0. The van der Waals surface area contributed by atoms with Crippen LogP contribution in [0.15, 0.2) is 35.2 Å². The third kappa shape index (κ3) is 2.98. The summed E-state index contributed by atoms with van der Waals surface area (Å²) in [5, 5.41) is 0. The first-order valence-corrected chi connectivity index (χ1v) is 9.74. The first-order valence-electron chi connectivity index (χ1n) is 9.74. The van der Waals surface area contributed by atoms with Crippen LogP contribution in [-0.2, 0) is 4.74 Å². The number of nitrogens with zero attached hydrogens (tertiary/aromatic N) is 4. The van der Waals surface area contributed by atoms with Gasteiger partial charge in [0.2, 0.25) is 0 Å². The standard InChI is InChI=1S/C20H21N5O4/c21-18(26)17-19-23-13(9-15(25(19)11-22-17)16-4-2-7-29-16)20(27)24-6-1-3-12-10-28-8-5-14(12)24/h2,4,7,9,11-12,14H,1,3,5-6,8,10H2,(H2,21,26). The Bertz CT molecular complexity index is 1070. The molecule has 2 atom stereocenters. The molecule has 0 aliphatic carbocycles. The van der Waals surface area contributed by atoms with Gasteiger partial charge >= 0.3 is 0 Å². The highest BCUT2D eigenvalue weighted by molar-refractivity contribution is 5.99. The molecule has 9 heteroatoms. The van der Waals surface area contributed by atoms with Crippen LogP contribution in [0.4, 0.5) is 0 Å². The third-order valence-electron chi connectivity index (χ3n) is 5.80. The van der Waals surface area contributed by atoms with Crippen LogP contribution in [0.25, 0.3) is 17.1 Å². The molecular weight excluding hydrogens is 374 g/mol. The van der Waals surface area contributed by atoms with Gasteiger partial charge in [0.15, 0.2) is 17.1 Å². The maximum absolute atomic E-state index is 13.5. The van der Waals surface area contributed by atoms with Gasteiger partial charge in [-0.2, -0.15) is 0 Å². The molecule has 9 nitrogen and oxygen atoms in total. The molecule has 150 valence electrons. The Balaban J connectivity index is 1.61. The van der Waals surface area contributed by atoms with Gasteiger partial charge in [-0.3, -0.25) is 14.0 Å². The van der Waals surface area contributed by atoms with E-state index in [0.29, 0.717) is 37.1 Å². The maximum Gasteiger partial charge on any atom is 0.272 e. The largest absolute Gasteiger partial charge is 0.463 e. The van der Waals surface area contributed by atoms with Crippen LogP contribution in [0.5, 0.6) is 0 Å². The molecule has 2 aliphatic heterocycles. The van der Waals surface area contributed by atoms with Crippen molar-refractivity contribution in [1.82, 2.24) is 19.3 Å². The van der Waals surface area contributed by atoms with E-state index in [0.717, 1.165) is 19.3 Å². The smallest absolute Gasteiger partial charge is 0.272 e. The van der Waals surface area contributed by atoms with Gasteiger partial charge < -0.3 is 19.8 Å². The summed E-state index contributed by atoms with van der Waals surface area (Å²) in [6.07, 6.45) is 5.83. The monoisotopic (exact) mass is 395 g/mol. The van der Waals surface area contributed by atoms with Crippen molar-refractivity contribution in [3.63, 3.8) is 0 Å². The molecule has 3 aromatic rings. The van der Waals surface area contributed by atoms with Crippen molar-refractivity contribution in [3.05, 3.63) is 42.2 Å². The molecule has 0 aromatic carbocycles. The summed E-state index contributed by atoms with van der Waals surface area (Å²) in [6, 6.07) is 5.37. The predicted octanol–water partition coefficient (Wildman–Crippen LogP) is 1.73. The fraction of sp³-hybridized carbons (Fsp3) is 0.400. The number of aromatic nitrogens is 3. The van der Waals surface area contributed by atoms with E-state index in [9.17, 15) is 9.59 Å². The minimum absolute atomic E-state index is 0.0232. The molecule has 2 saturated heterocycles. The molecule has 29 heavy (non-hydrogen) atoms. The molecule has 5 rings (SSSR count). The van der Waals surface area contributed by atoms with Gasteiger partial charge in [0, 0.05) is 25.1 Å². The average Bonchev–Trinajstić information content (AvgIpc) is 3.42. The number of carbonyl (C=O) groups is 2. The number of carbonyl (C=O) groups excluding carboxylic acids is 2. The Labute approximate surface area is 166 Å². The van der Waals surface area contributed by atoms with Crippen molar-refractivity contribution in [2.75, 3.05) is 19.8 Å². The van der Waals surface area contributed by atoms with Crippen LogP contribution >= 0.6 is 0 Å². The summed E-state index contributed by atoms with van der Waals surface area (Å²) < 4.78 is 12.7. The molecule has 0 spiro atoms. The van der Waals surface area contributed by atoms with Crippen LogP contribution in [0.1, 0.15) is 40.2 Å². The van der Waals surface area contributed by atoms with Crippen LogP contribution < -0.4 is 5.73 Å². The molecule has 0 saturated carbocycles. The Kier molecular flexibility index (Phi) is 4.31. The summed E-state index contributed by atoms with van der Waals surface area (Å²) in [4.78, 5) is 35.8. The molecular formula is C20H21N5O4. The number of rotatable bonds is 3. The average molecular weight is 395 g/mol. The topological polar surface area (TPSA) is 116 Å². The number of likely N-dealkylation sites (tertiary alicyclic amines) is 1. The van der Waals surface area contributed by atoms with Crippen LogP contribution in [0.3, 0.4) is 0 Å². The molecule has 5 heterocycles. The zero-order valence-corrected chi connectivity index (χ0v) is 15.8. The predicted molar refractivity (Wildman–Crippen MR) is 102 cm³/mol. The van der Waals surface area contributed by atoms with Gasteiger partial charge in [-0.05, 0) is 37.5 Å². The number of piperidine rings is 1. The SMILES string of the molecule is NC(=O)c1ncn2c(-c3ccco3)cc(C(=O)N3CCCC4COCCC43)nc12. The minimum Gasteiger partial charge on any atom is -0.463 e. The lowest BCUT2D eigenvalue weighted by atomic mass is 9.86. The van der Waals surface area contributed by atoms with Crippen molar-refractivity contribution in [1.29, 1.82) is 0 Å². The fourth-order valence-electron chi connectivity index (χ4n) is 4.43. The van der Waals surface area contributed by atoms with Gasteiger partial charge in [0.1, 0.15) is 12.0 Å². The van der Waals surface area contributed by atoms with Crippen LogP contribution in [0, 0.1) is 5.92 Å². The normalized spacial score (nSPS) is 21.9. The molecule has 2 N–H and O–H groups in total. The van der Waals surface area contributed by atoms with Gasteiger partial charge in [0.05, 0.1) is 18.6 Å². The van der Waals surface area contributed by atoms with E-state index in [1.807, 2.05) is 4.90 Å². The van der Waals surface area contributed by atoms with Crippen molar-refractivity contribution < 1.29 is 18.7 Å². The highest BCUT2D eigenvalue weighted by Crippen LogP contribution is 2.31.